The second-order valence-corrected chi connectivity index (χ2v) is 5.79. The zero-order valence-corrected chi connectivity index (χ0v) is 12.0. The molecule has 0 bridgehead atoms. The van der Waals surface area contributed by atoms with Crippen molar-refractivity contribution in [1.29, 1.82) is 0 Å². The normalized spacial score (nSPS) is 22.4. The van der Waals surface area contributed by atoms with Crippen molar-refractivity contribution in [2.75, 3.05) is 6.79 Å². The predicted octanol–water partition coefficient (Wildman–Crippen LogP) is 2.81. The summed E-state index contributed by atoms with van der Waals surface area (Å²) in [7, 11) is 0. The van der Waals surface area contributed by atoms with Crippen molar-refractivity contribution >= 4 is 11.8 Å². The molecule has 1 heterocycles. The van der Waals surface area contributed by atoms with Crippen molar-refractivity contribution in [2.24, 2.45) is 5.41 Å². The predicted molar refractivity (Wildman–Crippen MR) is 74.8 cm³/mol. The molecule has 1 aromatic rings. The highest BCUT2D eigenvalue weighted by Crippen LogP contribution is 2.47. The standard InChI is InChI=1S/C16H18O5/c1-2-4-16(5-3-14(17)18)8-10-6-12-13(21-9-20-12)7-11(10)15(16)19/h6-7H,2-5,8-9H2,1H3,(H,17,18)/t16-/m1/s1. The van der Waals surface area contributed by atoms with Crippen LogP contribution in [0.3, 0.4) is 0 Å². The molecular formula is C16H18O5. The number of Topliss-reactive ketones (excluding diaryl/α,β-unsaturated/α-hetero) is 1. The SMILES string of the molecule is CCC[C@@]1(CCC(=O)O)Cc2cc3c(cc2C1=O)OCO3. The van der Waals surface area contributed by atoms with Crippen LogP contribution in [0.4, 0.5) is 0 Å². The molecule has 1 aliphatic carbocycles. The van der Waals surface area contributed by atoms with Gasteiger partial charge in [-0.15, -0.1) is 0 Å². The van der Waals surface area contributed by atoms with Gasteiger partial charge in [0.25, 0.3) is 0 Å². The number of carboxylic acid groups (broad SMARTS) is 1. The van der Waals surface area contributed by atoms with Crippen molar-refractivity contribution in [3.05, 3.63) is 23.3 Å². The molecule has 1 aromatic carbocycles. The van der Waals surface area contributed by atoms with Gasteiger partial charge < -0.3 is 14.6 Å². The van der Waals surface area contributed by atoms with Gasteiger partial charge in [0.2, 0.25) is 6.79 Å². The topological polar surface area (TPSA) is 72.8 Å². The molecule has 0 saturated heterocycles. The van der Waals surface area contributed by atoms with E-state index in [0.717, 1.165) is 12.0 Å². The minimum atomic E-state index is -0.858. The van der Waals surface area contributed by atoms with Crippen molar-refractivity contribution in [2.45, 2.75) is 39.0 Å². The molecule has 0 amide bonds. The summed E-state index contributed by atoms with van der Waals surface area (Å²) in [4.78, 5) is 23.7. The van der Waals surface area contributed by atoms with Crippen LogP contribution < -0.4 is 9.47 Å². The van der Waals surface area contributed by atoms with Crippen LogP contribution in [0.5, 0.6) is 11.5 Å². The summed E-state index contributed by atoms with van der Waals surface area (Å²) in [6.07, 6.45) is 2.56. The molecule has 112 valence electrons. The molecule has 1 N–H and O–H groups in total. The number of carbonyl (C=O) groups excluding carboxylic acids is 1. The van der Waals surface area contributed by atoms with Gasteiger partial charge in [0.15, 0.2) is 17.3 Å². The maximum atomic E-state index is 12.8. The maximum absolute atomic E-state index is 12.8. The van der Waals surface area contributed by atoms with Crippen LogP contribution in [-0.4, -0.2) is 23.7 Å². The number of aliphatic carboxylic acids is 1. The van der Waals surface area contributed by atoms with Crippen LogP contribution in [-0.2, 0) is 11.2 Å². The van der Waals surface area contributed by atoms with Gasteiger partial charge in [0.05, 0.1) is 0 Å². The second kappa shape index (κ2) is 5.06. The van der Waals surface area contributed by atoms with E-state index in [9.17, 15) is 9.59 Å². The Balaban J connectivity index is 1.94. The first-order valence-electron chi connectivity index (χ1n) is 7.25. The molecule has 1 aliphatic heterocycles. The van der Waals surface area contributed by atoms with Crippen molar-refractivity contribution in [3.8, 4) is 11.5 Å². The summed E-state index contributed by atoms with van der Waals surface area (Å²) in [5, 5.41) is 8.94. The Bertz CT molecular complexity index is 607. The molecule has 0 radical (unpaired) electrons. The second-order valence-electron chi connectivity index (χ2n) is 5.79. The molecule has 5 heteroatoms. The first kappa shape index (κ1) is 13.9. The van der Waals surface area contributed by atoms with Gasteiger partial charge in [-0.1, -0.05) is 13.3 Å². The molecule has 3 rings (SSSR count). The third-order valence-corrected chi connectivity index (χ3v) is 4.40. The van der Waals surface area contributed by atoms with Crippen LogP contribution >= 0.6 is 0 Å². The Labute approximate surface area is 122 Å². The van der Waals surface area contributed by atoms with E-state index in [-0.39, 0.29) is 19.0 Å². The molecule has 5 nitrogen and oxygen atoms in total. The van der Waals surface area contributed by atoms with Crippen LogP contribution in [0.2, 0.25) is 0 Å². The number of ether oxygens (including phenoxy) is 2. The van der Waals surface area contributed by atoms with Gasteiger partial charge in [-0.3, -0.25) is 9.59 Å². The lowest BCUT2D eigenvalue weighted by atomic mass is 9.75. The molecule has 0 spiro atoms. The molecule has 0 aromatic heterocycles. The number of hydrogen-bond donors (Lipinski definition) is 1. The van der Waals surface area contributed by atoms with E-state index >= 15 is 0 Å². The lowest BCUT2D eigenvalue weighted by molar-refractivity contribution is -0.137. The summed E-state index contributed by atoms with van der Waals surface area (Å²) in [6, 6.07) is 3.62. The first-order valence-corrected chi connectivity index (χ1v) is 7.25. The first-order chi connectivity index (χ1) is 10.1. The smallest absolute Gasteiger partial charge is 0.303 e. The Kier molecular flexibility index (Phi) is 3.35. The number of ketones is 1. The van der Waals surface area contributed by atoms with E-state index in [1.165, 1.54) is 0 Å². The molecule has 0 unspecified atom stereocenters. The van der Waals surface area contributed by atoms with Crippen LogP contribution in [0.1, 0.15) is 48.5 Å². The molecule has 0 fully saturated rings. The fraction of sp³-hybridized carbons (Fsp3) is 0.500. The number of hydrogen-bond acceptors (Lipinski definition) is 4. The highest BCUT2D eigenvalue weighted by Gasteiger charge is 2.45. The third-order valence-electron chi connectivity index (χ3n) is 4.40. The van der Waals surface area contributed by atoms with Crippen molar-refractivity contribution in [1.82, 2.24) is 0 Å². The van der Waals surface area contributed by atoms with E-state index in [4.69, 9.17) is 14.6 Å². The van der Waals surface area contributed by atoms with E-state index in [1.54, 1.807) is 6.07 Å². The summed E-state index contributed by atoms with van der Waals surface area (Å²) in [5.41, 5.74) is 1.03. The summed E-state index contributed by atoms with van der Waals surface area (Å²) < 4.78 is 10.7. The van der Waals surface area contributed by atoms with Gasteiger partial charge in [-0.2, -0.15) is 0 Å². The van der Waals surface area contributed by atoms with Crippen LogP contribution in [0.15, 0.2) is 12.1 Å². The quantitative estimate of drug-likeness (QED) is 0.902. The fourth-order valence-electron chi connectivity index (χ4n) is 3.43. The third kappa shape index (κ3) is 2.26. The number of carbonyl (C=O) groups is 2. The number of rotatable bonds is 5. The van der Waals surface area contributed by atoms with Gasteiger partial charge in [0.1, 0.15) is 0 Å². The fourth-order valence-corrected chi connectivity index (χ4v) is 3.43. The monoisotopic (exact) mass is 290 g/mol. The van der Waals surface area contributed by atoms with Gasteiger partial charge in [0, 0.05) is 17.4 Å². The largest absolute Gasteiger partial charge is 0.481 e. The van der Waals surface area contributed by atoms with E-state index in [1.807, 2.05) is 13.0 Å². The zero-order valence-electron chi connectivity index (χ0n) is 12.0. The van der Waals surface area contributed by atoms with E-state index < -0.39 is 11.4 Å². The Morgan fingerprint density at radius 3 is 2.67 bits per heavy atom. The molecule has 2 aliphatic rings. The zero-order chi connectivity index (χ0) is 15.0. The lowest BCUT2D eigenvalue weighted by Crippen LogP contribution is -2.29. The Hall–Kier alpha value is -2.04. The highest BCUT2D eigenvalue weighted by molar-refractivity contribution is 6.05. The summed E-state index contributed by atoms with van der Waals surface area (Å²) in [6.45, 7) is 2.20. The van der Waals surface area contributed by atoms with E-state index in [2.05, 4.69) is 0 Å². The number of fused-ring (bicyclic) bond motifs is 2. The van der Waals surface area contributed by atoms with Crippen LogP contribution in [0, 0.1) is 5.41 Å². The van der Waals surface area contributed by atoms with Gasteiger partial charge in [-0.25, -0.2) is 0 Å². The minimum absolute atomic E-state index is 0.0203. The van der Waals surface area contributed by atoms with E-state index in [0.29, 0.717) is 36.3 Å². The number of benzene rings is 1. The van der Waals surface area contributed by atoms with Crippen molar-refractivity contribution in [3.63, 3.8) is 0 Å². The molecular weight excluding hydrogens is 272 g/mol. The van der Waals surface area contributed by atoms with Gasteiger partial charge >= 0.3 is 5.97 Å². The van der Waals surface area contributed by atoms with Crippen molar-refractivity contribution < 1.29 is 24.2 Å². The highest BCUT2D eigenvalue weighted by atomic mass is 16.7. The van der Waals surface area contributed by atoms with Gasteiger partial charge in [-0.05, 0) is 37.0 Å². The molecule has 21 heavy (non-hydrogen) atoms. The lowest BCUT2D eigenvalue weighted by Gasteiger charge is -2.26. The average Bonchev–Trinajstić information content (AvgIpc) is 2.99. The molecule has 1 atom stereocenters. The molecule has 0 saturated carbocycles. The number of carboxylic acids is 1. The average molecular weight is 290 g/mol. The Morgan fingerprint density at radius 1 is 1.29 bits per heavy atom. The summed E-state index contributed by atoms with van der Waals surface area (Å²) >= 11 is 0. The van der Waals surface area contributed by atoms with Crippen LogP contribution in [0.25, 0.3) is 0 Å². The minimum Gasteiger partial charge on any atom is -0.481 e. The maximum Gasteiger partial charge on any atom is 0.303 e. The summed E-state index contributed by atoms with van der Waals surface area (Å²) in [5.74, 6) is 0.474. The Morgan fingerprint density at radius 2 is 2.00 bits per heavy atom.